The predicted molar refractivity (Wildman–Crippen MR) is 148 cm³/mol. The summed E-state index contributed by atoms with van der Waals surface area (Å²) in [5, 5.41) is 0. The summed E-state index contributed by atoms with van der Waals surface area (Å²) in [5.74, 6) is 3.59. The van der Waals surface area contributed by atoms with Crippen LogP contribution in [0.4, 0.5) is 0 Å². The molecule has 2 aliphatic rings. The summed E-state index contributed by atoms with van der Waals surface area (Å²) in [6.45, 7) is 10.5. The highest BCUT2D eigenvalue weighted by molar-refractivity contribution is 5.98. The fourth-order valence-electron chi connectivity index (χ4n) is 4.29. The number of aliphatic imine (C=N–C) groups is 2. The molecule has 38 heavy (non-hydrogen) atoms. The highest BCUT2D eigenvalue weighted by Gasteiger charge is 2.26. The van der Waals surface area contributed by atoms with Crippen LogP contribution in [0.3, 0.4) is 0 Å². The quantitative estimate of drug-likeness (QED) is 0.340. The molecule has 2 aliphatic heterocycles. The third-order valence-corrected chi connectivity index (χ3v) is 6.74. The van der Waals surface area contributed by atoms with E-state index in [2.05, 4.69) is 27.7 Å². The number of para-hydroxylation sites is 2. The van der Waals surface area contributed by atoms with Gasteiger partial charge in [0.05, 0.1) is 34.6 Å². The zero-order chi connectivity index (χ0) is 26.5. The lowest BCUT2D eigenvalue weighted by Gasteiger charge is -2.13. The molecule has 3 heterocycles. The number of aromatic nitrogens is 1. The second-order valence-corrected chi connectivity index (χ2v) is 10.3. The van der Waals surface area contributed by atoms with Gasteiger partial charge < -0.3 is 18.9 Å². The summed E-state index contributed by atoms with van der Waals surface area (Å²) in [5.41, 5.74) is 3.35. The molecule has 7 heteroatoms. The monoisotopic (exact) mass is 513 g/mol. The van der Waals surface area contributed by atoms with Gasteiger partial charge in [-0.3, -0.25) is 4.98 Å². The molecule has 0 aliphatic carbocycles. The maximum absolute atomic E-state index is 6.17. The highest BCUT2D eigenvalue weighted by Crippen LogP contribution is 2.27. The van der Waals surface area contributed by atoms with E-state index in [0.717, 1.165) is 34.0 Å². The SMILES string of the molecule is CC(C)C1COC(c2ccccc2OCc2cccc(COc3ccccc3C3=NC(C(C)C)CO3)n2)=N1. The van der Waals surface area contributed by atoms with Gasteiger partial charge in [-0.1, -0.05) is 58.0 Å². The Kier molecular flexibility index (Phi) is 7.91. The van der Waals surface area contributed by atoms with Crippen molar-refractivity contribution in [2.45, 2.75) is 53.0 Å². The first-order valence-electron chi connectivity index (χ1n) is 13.3. The summed E-state index contributed by atoms with van der Waals surface area (Å²) < 4.78 is 24.1. The van der Waals surface area contributed by atoms with Gasteiger partial charge in [-0.2, -0.15) is 0 Å². The van der Waals surface area contributed by atoms with E-state index < -0.39 is 0 Å². The summed E-state index contributed by atoms with van der Waals surface area (Å²) in [4.78, 5) is 14.3. The summed E-state index contributed by atoms with van der Waals surface area (Å²) >= 11 is 0. The van der Waals surface area contributed by atoms with E-state index in [0.29, 0.717) is 50.1 Å². The first-order chi connectivity index (χ1) is 18.5. The number of hydrogen-bond donors (Lipinski definition) is 0. The lowest BCUT2D eigenvalue weighted by molar-refractivity contribution is 0.280. The molecule has 1 aromatic heterocycles. The molecule has 2 aromatic carbocycles. The molecule has 0 spiro atoms. The Morgan fingerprint density at radius 1 is 0.658 bits per heavy atom. The second-order valence-electron chi connectivity index (χ2n) is 10.3. The van der Waals surface area contributed by atoms with Crippen LogP contribution < -0.4 is 9.47 Å². The maximum Gasteiger partial charge on any atom is 0.220 e. The average molecular weight is 514 g/mol. The summed E-state index contributed by atoms with van der Waals surface area (Å²) in [7, 11) is 0. The Hall–Kier alpha value is -3.87. The number of hydrogen-bond acceptors (Lipinski definition) is 7. The van der Waals surface area contributed by atoms with E-state index in [-0.39, 0.29) is 12.1 Å². The van der Waals surface area contributed by atoms with Crippen LogP contribution >= 0.6 is 0 Å². The number of ether oxygens (including phenoxy) is 4. The maximum atomic E-state index is 6.17. The molecule has 0 N–H and O–H groups in total. The number of rotatable bonds is 10. The van der Waals surface area contributed by atoms with Gasteiger partial charge in [-0.25, -0.2) is 9.98 Å². The van der Waals surface area contributed by atoms with Crippen molar-refractivity contribution in [2.24, 2.45) is 21.8 Å². The van der Waals surface area contributed by atoms with Crippen molar-refractivity contribution in [1.82, 2.24) is 4.98 Å². The van der Waals surface area contributed by atoms with Crippen LogP contribution in [0, 0.1) is 11.8 Å². The first kappa shape index (κ1) is 25.8. The average Bonchev–Trinajstić information content (AvgIpc) is 3.62. The lowest BCUT2D eigenvalue weighted by atomic mass is 10.1. The van der Waals surface area contributed by atoms with Crippen LogP contribution in [0.2, 0.25) is 0 Å². The Balaban J connectivity index is 1.24. The van der Waals surface area contributed by atoms with Gasteiger partial charge in [-0.15, -0.1) is 0 Å². The molecular formula is C31H35N3O4. The minimum absolute atomic E-state index is 0.172. The minimum Gasteiger partial charge on any atom is -0.486 e. The number of nitrogens with zero attached hydrogens (tertiary/aromatic N) is 3. The molecule has 0 saturated carbocycles. The molecule has 0 bridgehead atoms. The molecule has 0 radical (unpaired) electrons. The van der Waals surface area contributed by atoms with E-state index >= 15 is 0 Å². The van der Waals surface area contributed by atoms with E-state index in [1.807, 2.05) is 66.7 Å². The summed E-state index contributed by atoms with van der Waals surface area (Å²) in [6, 6.07) is 21.9. The first-order valence-corrected chi connectivity index (χ1v) is 13.3. The van der Waals surface area contributed by atoms with Gasteiger partial charge >= 0.3 is 0 Å². The Bertz CT molecular complexity index is 1220. The van der Waals surface area contributed by atoms with Crippen molar-refractivity contribution in [2.75, 3.05) is 13.2 Å². The number of benzene rings is 2. The van der Waals surface area contributed by atoms with Crippen molar-refractivity contribution in [3.63, 3.8) is 0 Å². The van der Waals surface area contributed by atoms with Crippen molar-refractivity contribution in [1.29, 1.82) is 0 Å². The molecule has 0 saturated heterocycles. The Morgan fingerprint density at radius 3 is 1.53 bits per heavy atom. The second kappa shape index (κ2) is 11.7. The van der Waals surface area contributed by atoms with E-state index in [4.69, 9.17) is 33.9 Å². The summed E-state index contributed by atoms with van der Waals surface area (Å²) in [6.07, 6.45) is 0. The van der Waals surface area contributed by atoms with Crippen LogP contribution in [0.25, 0.3) is 0 Å². The van der Waals surface area contributed by atoms with E-state index in [9.17, 15) is 0 Å². The van der Waals surface area contributed by atoms with Crippen molar-refractivity contribution in [3.05, 3.63) is 89.2 Å². The van der Waals surface area contributed by atoms with Crippen LogP contribution in [0.1, 0.15) is 50.2 Å². The zero-order valence-corrected chi connectivity index (χ0v) is 22.5. The van der Waals surface area contributed by atoms with Gasteiger partial charge in [0.15, 0.2) is 0 Å². The largest absolute Gasteiger partial charge is 0.486 e. The number of pyridine rings is 1. The predicted octanol–water partition coefficient (Wildman–Crippen LogP) is 5.84. The van der Waals surface area contributed by atoms with E-state index in [1.54, 1.807) is 0 Å². The molecule has 3 aromatic rings. The third-order valence-electron chi connectivity index (χ3n) is 6.74. The topological polar surface area (TPSA) is 74.5 Å². The van der Waals surface area contributed by atoms with Crippen LogP contribution in [0.15, 0.2) is 76.7 Å². The smallest absolute Gasteiger partial charge is 0.220 e. The Labute approximate surface area is 224 Å². The lowest BCUT2D eigenvalue weighted by Crippen LogP contribution is -2.13. The van der Waals surface area contributed by atoms with Crippen LogP contribution in [0.5, 0.6) is 11.5 Å². The fraction of sp³-hybridized carbons (Fsp3) is 0.387. The molecular weight excluding hydrogens is 478 g/mol. The molecule has 0 amide bonds. The minimum atomic E-state index is 0.172. The molecule has 2 unspecified atom stereocenters. The standard InChI is InChI=1S/C31H35N3O4/c1-20(2)26-18-37-30(33-26)24-12-5-7-14-28(24)35-16-22-10-9-11-23(32-22)17-36-29-15-8-6-13-25(29)31-34-27(19-38-31)21(3)4/h5-15,20-21,26-27H,16-19H2,1-4H3. The third kappa shape index (κ3) is 5.98. The molecule has 2 atom stereocenters. The van der Waals surface area contributed by atoms with Gasteiger partial charge in [0.2, 0.25) is 11.8 Å². The Morgan fingerprint density at radius 2 is 1.11 bits per heavy atom. The van der Waals surface area contributed by atoms with Gasteiger partial charge in [-0.05, 0) is 48.2 Å². The van der Waals surface area contributed by atoms with Crippen molar-refractivity contribution < 1.29 is 18.9 Å². The van der Waals surface area contributed by atoms with Crippen molar-refractivity contribution >= 4 is 11.8 Å². The van der Waals surface area contributed by atoms with Crippen molar-refractivity contribution in [3.8, 4) is 11.5 Å². The van der Waals surface area contributed by atoms with E-state index in [1.165, 1.54) is 0 Å². The van der Waals surface area contributed by atoms with Gasteiger partial charge in [0.25, 0.3) is 0 Å². The molecule has 198 valence electrons. The van der Waals surface area contributed by atoms with Gasteiger partial charge in [0.1, 0.15) is 37.9 Å². The highest BCUT2D eigenvalue weighted by atomic mass is 16.5. The van der Waals surface area contributed by atoms with Gasteiger partial charge in [0, 0.05) is 0 Å². The normalized spacial score (nSPS) is 18.7. The van der Waals surface area contributed by atoms with Crippen LogP contribution in [-0.4, -0.2) is 42.1 Å². The molecule has 5 rings (SSSR count). The molecule has 0 fully saturated rings. The fourth-order valence-corrected chi connectivity index (χ4v) is 4.29. The zero-order valence-electron chi connectivity index (χ0n) is 22.5. The molecule has 7 nitrogen and oxygen atoms in total. The van der Waals surface area contributed by atoms with Crippen LogP contribution in [-0.2, 0) is 22.7 Å².